The van der Waals surface area contributed by atoms with E-state index in [1.807, 2.05) is 13.8 Å². The highest BCUT2D eigenvalue weighted by Crippen LogP contribution is 2.12. The van der Waals surface area contributed by atoms with Gasteiger partial charge in [0.1, 0.15) is 11.8 Å². The summed E-state index contributed by atoms with van der Waals surface area (Å²) >= 11 is 0. The lowest BCUT2D eigenvalue weighted by atomic mass is 10.0. The van der Waals surface area contributed by atoms with Crippen LogP contribution in [-0.2, 0) is 4.79 Å². The molecular weight excluding hydrogens is 306 g/mol. The van der Waals surface area contributed by atoms with Crippen LogP contribution in [0.4, 0.5) is 0 Å². The Balaban J connectivity index is 1.93. The molecule has 2 atom stereocenters. The molecule has 0 aliphatic carbocycles. The number of hydrogen-bond donors (Lipinski definition) is 3. The van der Waals surface area contributed by atoms with Crippen LogP contribution in [0.15, 0.2) is 24.3 Å². The summed E-state index contributed by atoms with van der Waals surface area (Å²) in [6.07, 6.45) is 2.22. The number of benzene rings is 1. The van der Waals surface area contributed by atoms with Crippen LogP contribution in [0.3, 0.4) is 0 Å². The van der Waals surface area contributed by atoms with Gasteiger partial charge in [0, 0.05) is 18.2 Å². The average molecular weight is 333 g/mol. The van der Waals surface area contributed by atoms with Gasteiger partial charge in [-0.3, -0.25) is 9.59 Å². The molecule has 6 heteroatoms. The molecule has 2 amide bonds. The lowest BCUT2D eigenvalue weighted by molar-refractivity contribution is -0.124. The molecule has 3 N–H and O–H groups in total. The molecular formula is C18H27N3O3. The maximum absolute atomic E-state index is 12.4. The molecule has 0 saturated carbocycles. The van der Waals surface area contributed by atoms with Crippen LogP contribution in [0, 0.1) is 5.92 Å². The van der Waals surface area contributed by atoms with E-state index < -0.39 is 6.04 Å². The number of rotatable bonds is 7. The van der Waals surface area contributed by atoms with Crippen LogP contribution in [-0.4, -0.2) is 44.1 Å². The van der Waals surface area contributed by atoms with Crippen LogP contribution in [0.2, 0.25) is 0 Å². The molecule has 24 heavy (non-hydrogen) atoms. The van der Waals surface area contributed by atoms with Gasteiger partial charge in [-0.25, -0.2) is 0 Å². The minimum atomic E-state index is -0.555. The van der Waals surface area contributed by atoms with Crippen molar-refractivity contribution in [2.24, 2.45) is 5.92 Å². The first-order valence-electron chi connectivity index (χ1n) is 8.47. The van der Waals surface area contributed by atoms with Crippen molar-refractivity contribution in [1.29, 1.82) is 0 Å². The van der Waals surface area contributed by atoms with Crippen molar-refractivity contribution in [1.82, 2.24) is 16.0 Å². The molecule has 0 aromatic heterocycles. The first-order valence-corrected chi connectivity index (χ1v) is 8.47. The molecule has 0 spiro atoms. The van der Waals surface area contributed by atoms with Crippen LogP contribution >= 0.6 is 0 Å². The third kappa shape index (κ3) is 4.96. The summed E-state index contributed by atoms with van der Waals surface area (Å²) in [5, 5.41) is 9.12. The van der Waals surface area contributed by atoms with Gasteiger partial charge in [0.25, 0.3) is 5.91 Å². The highest BCUT2D eigenvalue weighted by atomic mass is 16.5. The van der Waals surface area contributed by atoms with E-state index in [4.69, 9.17) is 4.74 Å². The van der Waals surface area contributed by atoms with E-state index in [-0.39, 0.29) is 17.7 Å². The zero-order chi connectivity index (χ0) is 17.5. The summed E-state index contributed by atoms with van der Waals surface area (Å²) in [5.41, 5.74) is 0.506. The van der Waals surface area contributed by atoms with Crippen molar-refractivity contribution in [3.05, 3.63) is 29.8 Å². The van der Waals surface area contributed by atoms with Gasteiger partial charge in [-0.1, -0.05) is 13.8 Å². The zero-order valence-corrected chi connectivity index (χ0v) is 14.6. The Kier molecular flexibility index (Phi) is 6.61. The summed E-state index contributed by atoms with van der Waals surface area (Å²) in [5.74, 6) is 0.295. The van der Waals surface area contributed by atoms with Crippen molar-refractivity contribution in [3.63, 3.8) is 0 Å². The van der Waals surface area contributed by atoms with Crippen molar-refractivity contribution < 1.29 is 14.3 Å². The van der Waals surface area contributed by atoms with E-state index in [0.717, 1.165) is 19.4 Å². The van der Waals surface area contributed by atoms with Gasteiger partial charge in [-0.05, 0) is 49.6 Å². The lowest BCUT2D eigenvalue weighted by Crippen LogP contribution is -2.51. The summed E-state index contributed by atoms with van der Waals surface area (Å²) < 4.78 is 5.09. The molecule has 1 fully saturated rings. The van der Waals surface area contributed by atoms with E-state index in [1.54, 1.807) is 31.4 Å². The second kappa shape index (κ2) is 8.68. The Bertz CT molecular complexity index is 551. The smallest absolute Gasteiger partial charge is 0.251 e. The zero-order valence-electron chi connectivity index (χ0n) is 14.6. The second-order valence-electron chi connectivity index (χ2n) is 6.46. The molecule has 1 aliphatic heterocycles. The van der Waals surface area contributed by atoms with Crippen molar-refractivity contribution in [2.45, 2.75) is 38.8 Å². The van der Waals surface area contributed by atoms with Crippen LogP contribution in [0.5, 0.6) is 5.75 Å². The monoisotopic (exact) mass is 333 g/mol. The second-order valence-corrected chi connectivity index (χ2v) is 6.46. The molecule has 2 unspecified atom stereocenters. The first-order chi connectivity index (χ1) is 11.5. The fourth-order valence-corrected chi connectivity index (χ4v) is 2.77. The number of ether oxygens (including phenoxy) is 1. The normalized spacial score (nSPS) is 18.2. The average Bonchev–Trinajstić information content (AvgIpc) is 3.10. The van der Waals surface area contributed by atoms with Gasteiger partial charge in [0.05, 0.1) is 7.11 Å². The summed E-state index contributed by atoms with van der Waals surface area (Å²) in [4.78, 5) is 24.8. The SMILES string of the molecule is COc1ccc(C(=O)NC(C(=O)NCC2CCCN2)C(C)C)cc1. The molecule has 0 radical (unpaired) electrons. The van der Waals surface area contributed by atoms with Crippen LogP contribution < -0.4 is 20.7 Å². The predicted molar refractivity (Wildman–Crippen MR) is 93.1 cm³/mol. The largest absolute Gasteiger partial charge is 0.497 e. The highest BCUT2D eigenvalue weighted by molar-refractivity contribution is 5.97. The Labute approximate surface area is 143 Å². The highest BCUT2D eigenvalue weighted by Gasteiger charge is 2.25. The van der Waals surface area contributed by atoms with E-state index in [0.29, 0.717) is 23.9 Å². The summed E-state index contributed by atoms with van der Waals surface area (Å²) in [6, 6.07) is 6.61. The van der Waals surface area contributed by atoms with Crippen molar-refractivity contribution in [2.75, 3.05) is 20.2 Å². The number of amides is 2. The van der Waals surface area contributed by atoms with Gasteiger partial charge in [0.15, 0.2) is 0 Å². The maximum Gasteiger partial charge on any atom is 0.251 e. The molecule has 132 valence electrons. The van der Waals surface area contributed by atoms with Gasteiger partial charge >= 0.3 is 0 Å². The van der Waals surface area contributed by atoms with Gasteiger partial charge in [0.2, 0.25) is 5.91 Å². The van der Waals surface area contributed by atoms with Crippen LogP contribution in [0.1, 0.15) is 37.0 Å². The van der Waals surface area contributed by atoms with Gasteiger partial charge in [-0.2, -0.15) is 0 Å². The predicted octanol–water partition coefficient (Wildman–Crippen LogP) is 1.32. The first kappa shape index (κ1) is 18.3. The molecule has 1 heterocycles. The topological polar surface area (TPSA) is 79.5 Å². The standard InChI is InChI=1S/C18H27N3O3/c1-12(2)16(18(23)20-11-14-5-4-10-19-14)21-17(22)13-6-8-15(24-3)9-7-13/h6-9,12,14,16,19H,4-5,10-11H2,1-3H3,(H,20,23)(H,21,22). The minimum Gasteiger partial charge on any atom is -0.497 e. The van der Waals surface area contributed by atoms with Crippen molar-refractivity contribution in [3.8, 4) is 5.75 Å². The Hall–Kier alpha value is -2.08. The van der Waals surface area contributed by atoms with Gasteiger partial charge in [-0.15, -0.1) is 0 Å². The molecule has 1 aromatic rings. The molecule has 2 rings (SSSR count). The maximum atomic E-state index is 12.4. The Morgan fingerprint density at radius 2 is 2.00 bits per heavy atom. The number of hydrogen-bond acceptors (Lipinski definition) is 4. The molecule has 1 aromatic carbocycles. The van der Waals surface area contributed by atoms with E-state index in [9.17, 15) is 9.59 Å². The third-order valence-electron chi connectivity index (χ3n) is 4.27. The van der Waals surface area contributed by atoms with E-state index in [1.165, 1.54) is 0 Å². The fraction of sp³-hybridized carbons (Fsp3) is 0.556. The molecule has 1 saturated heterocycles. The van der Waals surface area contributed by atoms with Gasteiger partial charge < -0.3 is 20.7 Å². The number of carbonyl (C=O) groups is 2. The van der Waals surface area contributed by atoms with E-state index in [2.05, 4.69) is 16.0 Å². The molecule has 0 bridgehead atoms. The number of methoxy groups -OCH3 is 1. The summed E-state index contributed by atoms with van der Waals surface area (Å²) in [6.45, 7) is 5.45. The summed E-state index contributed by atoms with van der Waals surface area (Å²) in [7, 11) is 1.58. The van der Waals surface area contributed by atoms with Crippen LogP contribution in [0.25, 0.3) is 0 Å². The minimum absolute atomic E-state index is 0.00346. The Morgan fingerprint density at radius 3 is 2.54 bits per heavy atom. The number of carbonyl (C=O) groups excluding carboxylic acids is 2. The lowest BCUT2D eigenvalue weighted by Gasteiger charge is -2.23. The van der Waals surface area contributed by atoms with Crippen molar-refractivity contribution >= 4 is 11.8 Å². The Morgan fingerprint density at radius 1 is 1.29 bits per heavy atom. The quantitative estimate of drug-likeness (QED) is 0.703. The molecule has 1 aliphatic rings. The molecule has 6 nitrogen and oxygen atoms in total. The fourth-order valence-electron chi connectivity index (χ4n) is 2.77. The third-order valence-corrected chi connectivity index (χ3v) is 4.27. The van der Waals surface area contributed by atoms with E-state index >= 15 is 0 Å². The number of nitrogens with one attached hydrogen (secondary N) is 3.